The Morgan fingerprint density at radius 3 is 1.49 bits per heavy atom. The smallest absolute Gasteiger partial charge is 0.262 e. The van der Waals surface area contributed by atoms with Gasteiger partial charge in [0.15, 0.2) is 12.6 Å². The van der Waals surface area contributed by atoms with Crippen LogP contribution in [0, 0.1) is 5.82 Å². The zero-order chi connectivity index (χ0) is 44.0. The van der Waals surface area contributed by atoms with Crippen LogP contribution in [0.5, 0.6) is 0 Å². The molecular weight excluding hydrogens is 807 g/mol. The van der Waals surface area contributed by atoms with Crippen LogP contribution in [0.25, 0.3) is 0 Å². The third-order valence-corrected chi connectivity index (χ3v) is 10.8. The Balaban J connectivity index is 0.000000172. The molecule has 6 aliphatic rings. The summed E-state index contributed by atoms with van der Waals surface area (Å²) < 4.78 is 44.4. The van der Waals surface area contributed by atoms with E-state index in [-0.39, 0.29) is 60.3 Å². The van der Waals surface area contributed by atoms with E-state index in [2.05, 4.69) is 16.0 Å². The lowest BCUT2D eigenvalue weighted by atomic mass is 10.0. The van der Waals surface area contributed by atoms with Gasteiger partial charge in [-0.25, -0.2) is 4.39 Å². The van der Waals surface area contributed by atoms with Crippen molar-refractivity contribution in [3.8, 4) is 0 Å². The molecule has 6 heterocycles. The molecule has 0 spiro atoms. The largest absolute Gasteiger partial charge is 0.370 e. The Morgan fingerprint density at radius 2 is 1.05 bits per heavy atom. The van der Waals surface area contributed by atoms with Gasteiger partial charge >= 0.3 is 0 Å². The van der Waals surface area contributed by atoms with Crippen LogP contribution in [0.1, 0.15) is 67.1 Å². The number of ether oxygens (including phenoxy) is 6. The van der Waals surface area contributed by atoms with E-state index in [0.29, 0.717) is 32.4 Å². The van der Waals surface area contributed by atoms with Gasteiger partial charge in [-0.1, -0.05) is 0 Å². The van der Waals surface area contributed by atoms with Gasteiger partial charge in [-0.15, -0.1) is 0 Å². The molecule has 3 N–H and O–H groups in total. The molecule has 0 aromatic heterocycles. The molecule has 8 amide bonds. The Kier molecular flexibility index (Phi) is 14.7. The van der Waals surface area contributed by atoms with E-state index < -0.39 is 71.4 Å². The number of hydrogen-bond donors (Lipinski definition) is 3. The van der Waals surface area contributed by atoms with Crippen LogP contribution in [0.4, 0.5) is 10.1 Å². The highest BCUT2D eigenvalue weighted by Gasteiger charge is 2.46. The van der Waals surface area contributed by atoms with Crippen molar-refractivity contribution in [1.82, 2.24) is 25.8 Å². The summed E-state index contributed by atoms with van der Waals surface area (Å²) in [5, 5.41) is 7.39. The molecule has 2 unspecified atom stereocenters. The topological polar surface area (TPSA) is 238 Å². The molecule has 6 aliphatic heterocycles. The van der Waals surface area contributed by atoms with Crippen molar-refractivity contribution < 1.29 is 71.2 Å². The summed E-state index contributed by atoms with van der Waals surface area (Å²) in [5.41, 5.74) is 1.35. The summed E-state index contributed by atoms with van der Waals surface area (Å²) >= 11 is 0. The fraction of sp³-hybridized carbons (Fsp3) is 0.500. The summed E-state index contributed by atoms with van der Waals surface area (Å²) in [4.78, 5) is 100. The molecule has 0 bridgehead atoms. The number of carbonyl (C=O) groups is 8. The number of amides is 8. The highest BCUT2D eigenvalue weighted by atomic mass is 19.1. The average Bonchev–Trinajstić information content (AvgIpc) is 3.60. The predicted octanol–water partition coefficient (Wildman–Crippen LogP) is -0.267. The molecule has 61 heavy (non-hydrogen) atoms. The second-order valence-electron chi connectivity index (χ2n) is 14.6. The van der Waals surface area contributed by atoms with Gasteiger partial charge in [0.05, 0.1) is 47.7 Å². The molecule has 0 aliphatic carbocycles. The maximum Gasteiger partial charge on any atom is 0.262 e. The number of imide groups is 4. The second-order valence-corrected chi connectivity index (χ2v) is 14.6. The summed E-state index contributed by atoms with van der Waals surface area (Å²) in [7, 11) is 6.31. The molecular formula is C40H47FN6O14. The van der Waals surface area contributed by atoms with Gasteiger partial charge in [0.2, 0.25) is 23.6 Å². The SMILES string of the molecule is COC(COC1CN(c2ccc3c(c2)C(=O)N(C2CCC(=O)NC2=O)C3=O)C1)OC.COC(COC1CNC1)OC.O=C1CCC(N2C(=O)c3ccc(F)cc3C2=O)C(=O)N1. The number of rotatable bonds is 13. The summed E-state index contributed by atoms with van der Waals surface area (Å²) in [6.07, 6.45) is 0.0919. The number of carbonyl (C=O) groups excluding carboxylic acids is 8. The summed E-state index contributed by atoms with van der Waals surface area (Å²) in [6.45, 7) is 4.00. The molecule has 4 saturated heterocycles. The maximum atomic E-state index is 13.2. The number of nitrogens with zero attached hydrogens (tertiary/aromatic N) is 3. The van der Waals surface area contributed by atoms with Crippen LogP contribution in [0.2, 0.25) is 0 Å². The van der Waals surface area contributed by atoms with Crippen LogP contribution < -0.4 is 20.9 Å². The van der Waals surface area contributed by atoms with E-state index >= 15 is 0 Å². The van der Waals surface area contributed by atoms with Crippen molar-refractivity contribution in [2.75, 3.05) is 72.7 Å². The lowest BCUT2D eigenvalue weighted by Gasteiger charge is -2.41. The number of benzene rings is 2. The Hall–Kier alpha value is -5.55. The predicted molar refractivity (Wildman–Crippen MR) is 206 cm³/mol. The number of anilines is 1. The van der Waals surface area contributed by atoms with Crippen molar-refractivity contribution in [3.05, 3.63) is 64.5 Å². The monoisotopic (exact) mass is 854 g/mol. The minimum atomic E-state index is -1.02. The minimum Gasteiger partial charge on any atom is -0.370 e. The zero-order valence-corrected chi connectivity index (χ0v) is 33.9. The lowest BCUT2D eigenvalue weighted by Crippen LogP contribution is -2.54. The fourth-order valence-corrected chi connectivity index (χ4v) is 7.13. The van der Waals surface area contributed by atoms with E-state index in [1.807, 2.05) is 4.90 Å². The van der Waals surface area contributed by atoms with Gasteiger partial charge in [0.1, 0.15) is 17.9 Å². The van der Waals surface area contributed by atoms with Crippen molar-refractivity contribution >= 4 is 52.9 Å². The van der Waals surface area contributed by atoms with Crippen LogP contribution in [0.3, 0.4) is 0 Å². The number of methoxy groups -OCH3 is 4. The fourth-order valence-electron chi connectivity index (χ4n) is 7.13. The van der Waals surface area contributed by atoms with E-state index in [9.17, 15) is 42.7 Å². The van der Waals surface area contributed by atoms with Gasteiger partial charge in [-0.3, -0.25) is 58.8 Å². The third kappa shape index (κ3) is 9.99. The van der Waals surface area contributed by atoms with Crippen molar-refractivity contribution in [2.45, 2.75) is 62.6 Å². The van der Waals surface area contributed by atoms with Crippen LogP contribution in [0.15, 0.2) is 36.4 Å². The highest BCUT2D eigenvalue weighted by Crippen LogP contribution is 2.33. The van der Waals surface area contributed by atoms with Crippen molar-refractivity contribution in [3.63, 3.8) is 0 Å². The van der Waals surface area contributed by atoms with Crippen LogP contribution >= 0.6 is 0 Å². The first kappa shape index (κ1) is 45.0. The lowest BCUT2D eigenvalue weighted by molar-refractivity contribution is -0.155. The van der Waals surface area contributed by atoms with Gasteiger partial charge in [-0.05, 0) is 49.2 Å². The molecule has 20 nitrogen and oxygen atoms in total. The number of fused-ring (bicyclic) bond motifs is 2. The Labute approximate surface area is 349 Å². The third-order valence-electron chi connectivity index (χ3n) is 10.8. The number of piperidine rings is 2. The molecule has 8 rings (SSSR count). The Morgan fingerprint density at radius 1 is 0.607 bits per heavy atom. The average molecular weight is 855 g/mol. The van der Waals surface area contributed by atoms with Gasteiger partial charge in [-0.2, -0.15) is 0 Å². The Bertz CT molecular complexity index is 2050. The first-order chi connectivity index (χ1) is 29.3. The molecule has 4 fully saturated rings. The number of halogens is 1. The van der Waals surface area contributed by atoms with E-state index in [1.165, 1.54) is 6.07 Å². The van der Waals surface area contributed by atoms with E-state index in [0.717, 1.165) is 40.7 Å². The van der Waals surface area contributed by atoms with E-state index in [4.69, 9.17) is 28.4 Å². The van der Waals surface area contributed by atoms with Crippen LogP contribution in [-0.2, 0) is 47.6 Å². The van der Waals surface area contributed by atoms with Crippen molar-refractivity contribution in [2.24, 2.45) is 0 Å². The standard InChI is InChI=1S/C20H23N3O7.C13H9FN2O4.C7H15NO3/c1-28-17(29-2)10-30-12-8-22(9-12)11-3-4-13-14(7-11)20(27)23(19(13)26)15-5-6-16(24)21-18(15)25;14-6-1-2-7-8(5-6)13(20)16(12(7)19)9-3-4-10(17)15-11(9)18;1-9-7(10-2)5-11-6-3-8-4-6/h3-4,7,12,15,17H,5-6,8-10H2,1-2H3,(H,21,24,25);1-2,5,9H,3-4H2,(H,15,17,18);6-8H,3-5H2,1-2H3. The maximum absolute atomic E-state index is 13.2. The number of nitrogens with one attached hydrogen (secondary N) is 3. The molecule has 328 valence electrons. The second kappa shape index (κ2) is 19.9. The molecule has 21 heteroatoms. The molecule has 2 atom stereocenters. The van der Waals surface area contributed by atoms with Gasteiger partial charge < -0.3 is 38.6 Å². The summed E-state index contributed by atoms with van der Waals surface area (Å²) in [6, 6.07) is 6.34. The molecule has 0 radical (unpaired) electrons. The zero-order valence-electron chi connectivity index (χ0n) is 33.9. The van der Waals surface area contributed by atoms with Crippen molar-refractivity contribution in [1.29, 1.82) is 0 Å². The minimum absolute atomic E-state index is 0.0170. The normalized spacial score (nSPS) is 21.4. The van der Waals surface area contributed by atoms with Gasteiger partial charge in [0, 0.05) is 73.1 Å². The van der Waals surface area contributed by atoms with Gasteiger partial charge in [0.25, 0.3) is 23.6 Å². The summed E-state index contributed by atoms with van der Waals surface area (Å²) in [5.74, 6) is -5.13. The molecule has 0 saturated carbocycles. The van der Waals surface area contributed by atoms with E-state index in [1.54, 1.807) is 46.6 Å². The number of hydrogen-bond acceptors (Lipinski definition) is 16. The van der Waals surface area contributed by atoms with Crippen LogP contribution in [-0.4, -0.2) is 162 Å². The quantitative estimate of drug-likeness (QED) is 0.174. The highest BCUT2D eigenvalue weighted by molar-refractivity contribution is 6.24. The first-order valence-corrected chi connectivity index (χ1v) is 19.4. The molecule has 2 aromatic carbocycles. The first-order valence-electron chi connectivity index (χ1n) is 19.4. The molecule has 2 aromatic rings.